The number of anilines is 1. The molecule has 6 nitrogen and oxygen atoms in total. The largest absolute Gasteiger partial charge is 0.378 e. The molecule has 3 unspecified atom stereocenters. The molecule has 1 saturated carbocycles. The molecule has 7 heteroatoms. The van der Waals surface area contributed by atoms with Crippen LogP contribution in [-0.4, -0.2) is 51.5 Å². The fraction of sp³-hybridized carbons (Fsp3) is 0.560. The Morgan fingerprint density at radius 3 is 2.41 bits per heavy atom. The first-order valence-corrected chi connectivity index (χ1v) is 13.6. The molecule has 1 aromatic heterocycles. The average molecular weight is 458 g/mol. The first-order valence-electron chi connectivity index (χ1n) is 11.7. The van der Waals surface area contributed by atoms with E-state index in [1.807, 2.05) is 18.2 Å². The lowest BCUT2D eigenvalue weighted by molar-refractivity contribution is -0.00624. The molecule has 1 saturated heterocycles. The molecule has 2 aromatic rings. The zero-order chi connectivity index (χ0) is 22.6. The molecule has 0 amide bonds. The number of ether oxygens (including phenoxy) is 1. The van der Waals surface area contributed by atoms with Gasteiger partial charge >= 0.3 is 0 Å². The van der Waals surface area contributed by atoms with Crippen LogP contribution in [0, 0.1) is 11.8 Å². The number of sulfonamides is 1. The number of pyridine rings is 1. The van der Waals surface area contributed by atoms with Gasteiger partial charge < -0.3 is 9.64 Å². The third-order valence-corrected chi connectivity index (χ3v) is 7.60. The molecule has 32 heavy (non-hydrogen) atoms. The molecule has 1 aliphatic carbocycles. The van der Waals surface area contributed by atoms with Crippen molar-refractivity contribution in [3.05, 3.63) is 60.3 Å². The van der Waals surface area contributed by atoms with E-state index in [2.05, 4.69) is 51.9 Å². The van der Waals surface area contributed by atoms with Crippen LogP contribution in [0.4, 0.5) is 5.82 Å². The van der Waals surface area contributed by atoms with Gasteiger partial charge in [0.05, 0.1) is 19.0 Å². The van der Waals surface area contributed by atoms with E-state index >= 15 is 0 Å². The molecule has 0 radical (unpaired) electrons. The second kappa shape index (κ2) is 10.3. The Morgan fingerprint density at radius 1 is 1.03 bits per heavy atom. The van der Waals surface area contributed by atoms with Gasteiger partial charge in [0.25, 0.3) is 0 Å². The molecule has 1 aromatic carbocycles. The summed E-state index contributed by atoms with van der Waals surface area (Å²) in [4.78, 5) is 6.76. The van der Waals surface area contributed by atoms with E-state index in [9.17, 15) is 8.42 Å². The number of nitrogens with one attached hydrogen (secondary N) is 1. The Hall–Kier alpha value is -1.96. The van der Waals surface area contributed by atoms with Crippen molar-refractivity contribution in [1.29, 1.82) is 0 Å². The van der Waals surface area contributed by atoms with E-state index < -0.39 is 10.0 Å². The van der Waals surface area contributed by atoms with Crippen molar-refractivity contribution in [2.45, 2.75) is 50.7 Å². The van der Waals surface area contributed by atoms with Crippen molar-refractivity contribution in [1.82, 2.24) is 9.71 Å². The number of benzene rings is 1. The Balaban J connectivity index is 1.38. The molecule has 2 heterocycles. The van der Waals surface area contributed by atoms with Gasteiger partial charge in [-0.25, -0.2) is 18.1 Å². The van der Waals surface area contributed by atoms with Crippen LogP contribution in [0.15, 0.2) is 54.7 Å². The normalized spacial score (nSPS) is 29.1. The number of piperidine rings is 1. The molecule has 3 atom stereocenters. The van der Waals surface area contributed by atoms with Crippen LogP contribution in [0.25, 0.3) is 0 Å². The quantitative estimate of drug-likeness (QED) is 0.685. The maximum atomic E-state index is 12.0. The molecule has 1 aliphatic heterocycles. The molecule has 4 rings (SSSR count). The van der Waals surface area contributed by atoms with Crippen LogP contribution in [0.1, 0.15) is 44.1 Å². The summed E-state index contributed by atoms with van der Waals surface area (Å²) in [7, 11) is -3.29. The minimum Gasteiger partial charge on any atom is -0.378 e. The van der Waals surface area contributed by atoms with E-state index in [0.717, 1.165) is 44.6 Å². The molecule has 0 spiro atoms. The highest BCUT2D eigenvalue weighted by Gasteiger charge is 2.37. The van der Waals surface area contributed by atoms with Crippen molar-refractivity contribution < 1.29 is 13.2 Å². The first kappa shape index (κ1) is 23.2. The third-order valence-electron chi connectivity index (χ3n) is 6.90. The van der Waals surface area contributed by atoms with Crippen LogP contribution in [0.5, 0.6) is 0 Å². The Bertz CT molecular complexity index is 947. The maximum absolute atomic E-state index is 12.0. The molecular formula is C25H35N3O3S. The summed E-state index contributed by atoms with van der Waals surface area (Å²) in [5, 5.41) is 0. The minimum atomic E-state index is -3.29. The van der Waals surface area contributed by atoms with Gasteiger partial charge in [-0.2, -0.15) is 0 Å². The molecule has 2 aliphatic rings. The van der Waals surface area contributed by atoms with Gasteiger partial charge in [-0.05, 0) is 55.2 Å². The van der Waals surface area contributed by atoms with Crippen LogP contribution in [-0.2, 0) is 14.8 Å². The fourth-order valence-electron chi connectivity index (χ4n) is 5.29. The second-order valence-electron chi connectivity index (χ2n) is 9.46. The predicted molar refractivity (Wildman–Crippen MR) is 128 cm³/mol. The number of hydrogen-bond donors (Lipinski definition) is 1. The van der Waals surface area contributed by atoms with Gasteiger partial charge in [-0.15, -0.1) is 0 Å². The van der Waals surface area contributed by atoms with E-state index in [-0.39, 0.29) is 24.0 Å². The van der Waals surface area contributed by atoms with E-state index in [1.54, 1.807) is 6.20 Å². The summed E-state index contributed by atoms with van der Waals surface area (Å²) in [6, 6.07) is 16.5. The van der Waals surface area contributed by atoms with Crippen LogP contribution < -0.4 is 9.62 Å². The number of aromatic nitrogens is 1. The number of hydrogen-bond acceptors (Lipinski definition) is 5. The minimum absolute atomic E-state index is 0.0716. The zero-order valence-electron chi connectivity index (χ0n) is 19.1. The highest BCUT2D eigenvalue weighted by molar-refractivity contribution is 7.88. The van der Waals surface area contributed by atoms with Gasteiger partial charge in [-0.3, -0.25) is 0 Å². The lowest BCUT2D eigenvalue weighted by Gasteiger charge is -2.43. The van der Waals surface area contributed by atoms with Crippen LogP contribution in [0.3, 0.4) is 0 Å². The fourth-order valence-corrected chi connectivity index (χ4v) is 6.21. The monoisotopic (exact) mass is 457 g/mol. The van der Waals surface area contributed by atoms with Gasteiger partial charge in [-0.1, -0.05) is 43.3 Å². The van der Waals surface area contributed by atoms with Crippen molar-refractivity contribution in [3.8, 4) is 0 Å². The lowest BCUT2D eigenvalue weighted by Crippen LogP contribution is -2.57. The van der Waals surface area contributed by atoms with Gasteiger partial charge in [0.2, 0.25) is 10.0 Å². The highest BCUT2D eigenvalue weighted by Crippen LogP contribution is 2.35. The summed E-state index contributed by atoms with van der Waals surface area (Å²) < 4.78 is 33.4. The maximum Gasteiger partial charge on any atom is 0.208 e. The number of nitrogens with zero attached hydrogens (tertiary/aromatic N) is 2. The summed E-state index contributed by atoms with van der Waals surface area (Å²) in [6.07, 6.45) is 7.67. The summed E-state index contributed by atoms with van der Waals surface area (Å²) >= 11 is 0. The average Bonchev–Trinajstić information content (AvgIpc) is 2.80. The summed E-state index contributed by atoms with van der Waals surface area (Å²) in [5.74, 6) is 1.78. The summed E-state index contributed by atoms with van der Waals surface area (Å²) in [6.45, 7) is 4.16. The Labute approximate surface area is 192 Å². The van der Waals surface area contributed by atoms with Crippen LogP contribution >= 0.6 is 0 Å². The molecule has 2 fully saturated rings. The Morgan fingerprint density at radius 2 is 1.75 bits per heavy atom. The van der Waals surface area contributed by atoms with Crippen molar-refractivity contribution in [3.63, 3.8) is 0 Å². The predicted octanol–water partition coefficient (Wildman–Crippen LogP) is 3.81. The SMILES string of the molecule is CC1CN(c2ccccn2)CC(COC2CCC(c3ccccc3)CC2)C1NS(C)(=O)=O. The standard InChI is InChI=1S/C25H35N3O3S/c1-19-16-28(24-10-6-7-15-26-24)17-22(25(19)27-32(2,29)30)18-31-23-13-11-21(12-14-23)20-8-4-3-5-9-20/h3-10,15,19,21-23,25,27H,11-14,16-18H2,1-2H3. The van der Waals surface area contributed by atoms with E-state index in [1.165, 1.54) is 11.8 Å². The van der Waals surface area contributed by atoms with E-state index in [4.69, 9.17) is 4.74 Å². The van der Waals surface area contributed by atoms with Gasteiger partial charge in [0, 0.05) is 31.2 Å². The topological polar surface area (TPSA) is 71.5 Å². The van der Waals surface area contributed by atoms with Gasteiger partial charge in [0.1, 0.15) is 5.82 Å². The van der Waals surface area contributed by atoms with Crippen molar-refractivity contribution >= 4 is 15.8 Å². The summed E-state index contributed by atoms with van der Waals surface area (Å²) in [5.41, 5.74) is 1.43. The van der Waals surface area contributed by atoms with E-state index in [0.29, 0.717) is 12.5 Å². The highest BCUT2D eigenvalue weighted by atomic mass is 32.2. The lowest BCUT2D eigenvalue weighted by atomic mass is 9.82. The smallest absolute Gasteiger partial charge is 0.208 e. The first-order chi connectivity index (χ1) is 15.4. The number of rotatable bonds is 7. The van der Waals surface area contributed by atoms with Crippen molar-refractivity contribution in [2.75, 3.05) is 30.9 Å². The molecule has 0 bridgehead atoms. The van der Waals surface area contributed by atoms with Crippen LogP contribution in [0.2, 0.25) is 0 Å². The van der Waals surface area contributed by atoms with Gasteiger partial charge in [0.15, 0.2) is 0 Å². The molecular weight excluding hydrogens is 422 g/mol. The molecule has 174 valence electrons. The van der Waals surface area contributed by atoms with Crippen molar-refractivity contribution in [2.24, 2.45) is 11.8 Å². The second-order valence-corrected chi connectivity index (χ2v) is 11.2. The third kappa shape index (κ3) is 6.09. The molecule has 1 N–H and O–H groups in total. The Kier molecular flexibility index (Phi) is 7.48. The zero-order valence-corrected chi connectivity index (χ0v) is 19.9.